The number of pyridine rings is 1. The summed E-state index contributed by atoms with van der Waals surface area (Å²) in [6.45, 7) is 0.437. The van der Waals surface area contributed by atoms with Gasteiger partial charge in [-0.25, -0.2) is 0 Å². The van der Waals surface area contributed by atoms with Gasteiger partial charge in [0.1, 0.15) is 6.04 Å². The number of anilines is 1. The Balaban J connectivity index is 1.77. The highest BCUT2D eigenvalue weighted by atomic mass is 16.2. The van der Waals surface area contributed by atoms with Crippen molar-refractivity contribution in [1.29, 1.82) is 0 Å². The lowest BCUT2D eigenvalue weighted by Crippen LogP contribution is -2.47. The van der Waals surface area contributed by atoms with Crippen LogP contribution in [0.5, 0.6) is 0 Å². The molecule has 7 heteroatoms. The smallest absolute Gasteiger partial charge is 0.253 e. The van der Waals surface area contributed by atoms with Crippen molar-refractivity contribution < 1.29 is 14.4 Å². The number of nitrogens with one attached hydrogen (secondary N) is 3. The number of nitrogens with zero attached hydrogens (tertiary/aromatic N) is 1. The molecule has 3 amide bonds. The Hall–Kier alpha value is -2.44. The quantitative estimate of drug-likeness (QED) is 0.625. The van der Waals surface area contributed by atoms with Crippen molar-refractivity contribution in [3.05, 3.63) is 23.5 Å². The topological polar surface area (TPSA) is 100 Å². The van der Waals surface area contributed by atoms with Gasteiger partial charge in [0.25, 0.3) is 5.91 Å². The summed E-state index contributed by atoms with van der Waals surface area (Å²) in [5.41, 5.74) is 1.83. The summed E-state index contributed by atoms with van der Waals surface area (Å²) in [6, 6.07) is 1.20. The Morgan fingerprint density at radius 1 is 1.32 bits per heavy atom. The molecule has 0 bridgehead atoms. The van der Waals surface area contributed by atoms with E-state index in [1.807, 2.05) is 0 Å². The zero-order valence-corrected chi connectivity index (χ0v) is 10.0. The fourth-order valence-corrected chi connectivity index (χ4v) is 2.20. The SMILES string of the molecule is O=C1CCC(Nc2cnc3c(c2)C(=O)NC3)C(=O)N1. The van der Waals surface area contributed by atoms with Crippen molar-refractivity contribution in [3.63, 3.8) is 0 Å². The molecule has 3 N–H and O–H groups in total. The molecule has 1 atom stereocenters. The van der Waals surface area contributed by atoms with Gasteiger partial charge in [-0.3, -0.25) is 24.7 Å². The molecule has 3 heterocycles. The first kappa shape index (κ1) is 11.6. The summed E-state index contributed by atoms with van der Waals surface area (Å²) in [5, 5.41) is 7.94. The van der Waals surface area contributed by atoms with E-state index >= 15 is 0 Å². The molecule has 98 valence electrons. The van der Waals surface area contributed by atoms with E-state index in [0.717, 1.165) is 0 Å². The lowest BCUT2D eigenvalue weighted by molar-refractivity contribution is -0.133. The maximum Gasteiger partial charge on any atom is 0.253 e. The van der Waals surface area contributed by atoms with Gasteiger partial charge < -0.3 is 10.6 Å². The molecule has 0 radical (unpaired) electrons. The highest BCUT2D eigenvalue weighted by molar-refractivity contribution is 6.02. The summed E-state index contributed by atoms with van der Waals surface area (Å²) >= 11 is 0. The van der Waals surface area contributed by atoms with E-state index in [4.69, 9.17) is 0 Å². The first-order valence-electron chi connectivity index (χ1n) is 6.01. The minimum Gasteiger partial charge on any atom is -0.372 e. The van der Waals surface area contributed by atoms with Crippen LogP contribution in [-0.2, 0) is 16.1 Å². The number of carbonyl (C=O) groups excluding carboxylic acids is 3. The largest absolute Gasteiger partial charge is 0.372 e. The zero-order chi connectivity index (χ0) is 13.4. The monoisotopic (exact) mass is 260 g/mol. The van der Waals surface area contributed by atoms with Gasteiger partial charge in [0.05, 0.1) is 29.7 Å². The lowest BCUT2D eigenvalue weighted by Gasteiger charge is -2.22. The number of hydrogen-bond donors (Lipinski definition) is 3. The molecule has 0 spiro atoms. The van der Waals surface area contributed by atoms with Crippen LogP contribution in [0.3, 0.4) is 0 Å². The summed E-state index contributed by atoms with van der Waals surface area (Å²) in [5.74, 6) is -0.759. The maximum absolute atomic E-state index is 11.6. The Morgan fingerprint density at radius 2 is 2.16 bits per heavy atom. The Kier molecular flexibility index (Phi) is 2.66. The summed E-state index contributed by atoms with van der Waals surface area (Å²) < 4.78 is 0. The fraction of sp³-hybridized carbons (Fsp3) is 0.333. The van der Waals surface area contributed by atoms with Gasteiger partial charge in [-0.05, 0) is 12.5 Å². The average molecular weight is 260 g/mol. The molecular weight excluding hydrogens is 248 g/mol. The van der Waals surface area contributed by atoms with Crippen LogP contribution < -0.4 is 16.0 Å². The zero-order valence-electron chi connectivity index (χ0n) is 10.0. The van der Waals surface area contributed by atoms with Crippen LogP contribution in [0, 0.1) is 0 Å². The molecule has 1 unspecified atom stereocenters. The lowest BCUT2D eigenvalue weighted by atomic mass is 10.1. The first-order valence-corrected chi connectivity index (χ1v) is 6.01. The standard InChI is InChI=1S/C12H12N4O3/c17-10-2-1-8(12(19)16-10)15-6-3-7-9(13-4-6)5-14-11(7)18/h3-4,8,15H,1-2,5H2,(H,14,18)(H,16,17,19). The fourth-order valence-electron chi connectivity index (χ4n) is 2.20. The van der Waals surface area contributed by atoms with Crippen LogP contribution in [0.25, 0.3) is 0 Å². The van der Waals surface area contributed by atoms with E-state index in [2.05, 4.69) is 20.9 Å². The third-order valence-electron chi connectivity index (χ3n) is 3.21. The number of hydrogen-bond acceptors (Lipinski definition) is 5. The van der Waals surface area contributed by atoms with E-state index in [9.17, 15) is 14.4 Å². The molecule has 0 saturated carbocycles. The highest BCUT2D eigenvalue weighted by Gasteiger charge is 2.27. The number of piperidine rings is 1. The molecule has 0 aromatic carbocycles. The van der Waals surface area contributed by atoms with Crippen LogP contribution in [0.2, 0.25) is 0 Å². The summed E-state index contributed by atoms with van der Waals surface area (Å²) in [4.78, 5) is 38.3. The van der Waals surface area contributed by atoms with Gasteiger partial charge in [-0.15, -0.1) is 0 Å². The van der Waals surface area contributed by atoms with E-state index in [1.165, 1.54) is 0 Å². The van der Waals surface area contributed by atoms with Gasteiger partial charge >= 0.3 is 0 Å². The van der Waals surface area contributed by atoms with Crippen molar-refractivity contribution >= 4 is 23.4 Å². The number of fused-ring (bicyclic) bond motifs is 1. The number of imide groups is 1. The second-order valence-corrected chi connectivity index (χ2v) is 4.55. The molecule has 2 aliphatic rings. The van der Waals surface area contributed by atoms with Gasteiger partial charge in [0.15, 0.2) is 0 Å². The van der Waals surface area contributed by atoms with Gasteiger partial charge in [-0.2, -0.15) is 0 Å². The Labute approximate surface area is 108 Å². The van der Waals surface area contributed by atoms with Crippen LogP contribution in [0.15, 0.2) is 12.3 Å². The van der Waals surface area contributed by atoms with E-state index < -0.39 is 6.04 Å². The van der Waals surface area contributed by atoms with E-state index in [0.29, 0.717) is 36.3 Å². The molecule has 7 nitrogen and oxygen atoms in total. The van der Waals surface area contributed by atoms with Crippen molar-refractivity contribution in [2.75, 3.05) is 5.32 Å². The first-order chi connectivity index (χ1) is 9.13. The third kappa shape index (κ3) is 2.14. The summed E-state index contributed by atoms with van der Waals surface area (Å²) in [7, 11) is 0. The highest BCUT2D eigenvalue weighted by Crippen LogP contribution is 2.19. The number of amides is 3. The minimum atomic E-state index is -0.470. The molecule has 1 aromatic heterocycles. The molecule has 1 aromatic rings. The van der Waals surface area contributed by atoms with Crippen molar-refractivity contribution in [1.82, 2.24) is 15.6 Å². The van der Waals surface area contributed by atoms with Gasteiger partial charge in [-0.1, -0.05) is 0 Å². The number of rotatable bonds is 2. The van der Waals surface area contributed by atoms with Crippen LogP contribution in [0.4, 0.5) is 5.69 Å². The molecule has 3 rings (SSSR count). The van der Waals surface area contributed by atoms with Crippen LogP contribution in [0.1, 0.15) is 28.9 Å². The van der Waals surface area contributed by atoms with Crippen molar-refractivity contribution in [3.8, 4) is 0 Å². The molecule has 2 aliphatic heterocycles. The van der Waals surface area contributed by atoms with E-state index in [-0.39, 0.29) is 17.7 Å². The molecular formula is C12H12N4O3. The van der Waals surface area contributed by atoms with Crippen molar-refractivity contribution in [2.45, 2.75) is 25.4 Å². The average Bonchev–Trinajstić information content (AvgIpc) is 2.75. The Morgan fingerprint density at radius 3 is 2.95 bits per heavy atom. The molecule has 1 saturated heterocycles. The minimum absolute atomic E-state index is 0.158. The normalized spacial score (nSPS) is 21.7. The molecule has 0 aliphatic carbocycles. The second kappa shape index (κ2) is 4.34. The van der Waals surface area contributed by atoms with Gasteiger partial charge in [0, 0.05) is 6.42 Å². The maximum atomic E-state index is 11.6. The second-order valence-electron chi connectivity index (χ2n) is 4.55. The summed E-state index contributed by atoms with van der Waals surface area (Å²) in [6.07, 6.45) is 2.33. The third-order valence-corrected chi connectivity index (χ3v) is 3.21. The molecule has 19 heavy (non-hydrogen) atoms. The number of carbonyl (C=O) groups is 3. The number of aromatic nitrogens is 1. The Bertz CT molecular complexity index is 584. The van der Waals surface area contributed by atoms with Crippen LogP contribution >= 0.6 is 0 Å². The van der Waals surface area contributed by atoms with E-state index in [1.54, 1.807) is 12.3 Å². The predicted molar refractivity (Wildman–Crippen MR) is 65.2 cm³/mol. The molecule has 1 fully saturated rings. The van der Waals surface area contributed by atoms with Gasteiger partial charge in [0.2, 0.25) is 11.8 Å². The van der Waals surface area contributed by atoms with Crippen LogP contribution in [-0.4, -0.2) is 28.7 Å². The predicted octanol–water partition coefficient (Wildman–Crippen LogP) is -0.458. The van der Waals surface area contributed by atoms with Crippen molar-refractivity contribution in [2.24, 2.45) is 0 Å².